The number of aromatic nitrogens is 4. The van der Waals surface area contributed by atoms with Crippen LogP contribution in [0.2, 0.25) is 0 Å². The Morgan fingerprint density at radius 2 is 1.69 bits per heavy atom. The van der Waals surface area contributed by atoms with Crippen LogP contribution in [0.25, 0.3) is 16.5 Å². The molecule has 45 heavy (non-hydrogen) atoms. The number of nitrogens with zero attached hydrogens (tertiary/aromatic N) is 4. The molecule has 6 aromatic rings. The molecule has 0 unspecified atom stereocenters. The van der Waals surface area contributed by atoms with Crippen LogP contribution in [0.5, 0.6) is 11.6 Å². The second kappa shape index (κ2) is 13.3. The minimum absolute atomic E-state index is 0.307. The molecule has 0 aliphatic carbocycles. The fourth-order valence-electron chi connectivity index (χ4n) is 4.86. The molecule has 0 aliphatic heterocycles. The monoisotopic (exact) mass is 601 g/mol. The van der Waals surface area contributed by atoms with Crippen LogP contribution >= 0.6 is 0 Å². The lowest BCUT2D eigenvalue weighted by Crippen LogP contribution is -2.21. The van der Waals surface area contributed by atoms with Gasteiger partial charge in [-0.2, -0.15) is 10.1 Å². The van der Waals surface area contributed by atoms with E-state index in [1.807, 2.05) is 61.5 Å². The SMILES string of the molecule is CCCCc1cc(NC(=O)Nc2ccc(Oc3ccnc(Nc4ccc(F)cc4)n3)c3ccccc23)n(-c2ccc(C)cc2)n1. The zero-order valence-corrected chi connectivity index (χ0v) is 24.9. The third-order valence-electron chi connectivity index (χ3n) is 7.14. The van der Waals surface area contributed by atoms with E-state index in [-0.39, 0.29) is 5.82 Å². The van der Waals surface area contributed by atoms with E-state index in [4.69, 9.17) is 9.84 Å². The van der Waals surface area contributed by atoms with Crippen molar-refractivity contribution in [2.75, 3.05) is 16.0 Å². The topological polar surface area (TPSA) is 106 Å². The number of unbranched alkanes of at least 4 members (excludes halogenated alkanes) is 1. The molecule has 4 aromatic carbocycles. The number of halogens is 1. The number of hydrogen-bond donors (Lipinski definition) is 3. The molecule has 2 amide bonds. The van der Waals surface area contributed by atoms with Crippen LogP contribution in [-0.4, -0.2) is 25.8 Å². The second-order valence-corrected chi connectivity index (χ2v) is 10.6. The average Bonchev–Trinajstić information content (AvgIpc) is 3.45. The predicted octanol–water partition coefficient (Wildman–Crippen LogP) is 8.79. The first-order chi connectivity index (χ1) is 21.9. The Bertz CT molecular complexity index is 1940. The van der Waals surface area contributed by atoms with Crippen LogP contribution < -0.4 is 20.7 Å². The Morgan fingerprint density at radius 3 is 2.47 bits per heavy atom. The number of carbonyl (C=O) groups excluding carboxylic acids is 1. The molecule has 0 spiro atoms. The maximum atomic E-state index is 13.3. The summed E-state index contributed by atoms with van der Waals surface area (Å²) in [5.74, 6) is 1.44. The molecule has 0 bridgehead atoms. The Morgan fingerprint density at radius 1 is 0.911 bits per heavy atom. The van der Waals surface area contributed by atoms with Gasteiger partial charge in [0.2, 0.25) is 11.8 Å². The number of amides is 2. The van der Waals surface area contributed by atoms with Gasteiger partial charge in [-0.15, -0.1) is 0 Å². The number of urea groups is 1. The standard InChI is InChI=1S/C35H32FN7O2/c1-3-4-7-26-22-32(43(42-26)27-16-10-23(2)11-17-27)40-35(44)39-30-18-19-31(29-9-6-5-8-28(29)30)45-33-20-21-37-34(41-33)38-25-14-12-24(36)13-15-25/h5-6,8-22H,3-4,7H2,1-2H3,(H,37,38,41)(H2,39,40,44). The van der Waals surface area contributed by atoms with Crippen molar-refractivity contribution in [1.82, 2.24) is 19.7 Å². The molecule has 226 valence electrons. The van der Waals surface area contributed by atoms with E-state index < -0.39 is 6.03 Å². The number of rotatable bonds is 10. The molecule has 3 N–H and O–H groups in total. The molecule has 0 aliphatic rings. The first-order valence-electron chi connectivity index (χ1n) is 14.7. The number of carbonyl (C=O) groups is 1. The van der Waals surface area contributed by atoms with Crippen molar-refractivity contribution in [1.29, 1.82) is 0 Å². The lowest BCUT2D eigenvalue weighted by atomic mass is 10.1. The van der Waals surface area contributed by atoms with Gasteiger partial charge in [-0.3, -0.25) is 5.32 Å². The number of anilines is 4. The predicted molar refractivity (Wildman–Crippen MR) is 175 cm³/mol. The highest BCUT2D eigenvalue weighted by atomic mass is 19.1. The van der Waals surface area contributed by atoms with E-state index in [0.29, 0.717) is 34.8 Å². The zero-order chi connectivity index (χ0) is 31.2. The summed E-state index contributed by atoms with van der Waals surface area (Å²) in [5.41, 5.74) is 4.19. The van der Waals surface area contributed by atoms with Crippen LogP contribution in [-0.2, 0) is 6.42 Å². The Labute approximate surface area is 260 Å². The Kier molecular flexibility index (Phi) is 8.63. The van der Waals surface area contributed by atoms with Crippen molar-refractivity contribution in [3.8, 4) is 17.3 Å². The van der Waals surface area contributed by atoms with Gasteiger partial charge in [0.1, 0.15) is 17.4 Å². The summed E-state index contributed by atoms with van der Waals surface area (Å²) in [6.45, 7) is 4.17. The normalized spacial score (nSPS) is 10.9. The van der Waals surface area contributed by atoms with Crippen LogP contribution in [0.3, 0.4) is 0 Å². The van der Waals surface area contributed by atoms with Crippen molar-refractivity contribution in [2.24, 2.45) is 0 Å². The molecular weight excluding hydrogens is 569 g/mol. The van der Waals surface area contributed by atoms with Crippen LogP contribution in [0, 0.1) is 12.7 Å². The summed E-state index contributed by atoms with van der Waals surface area (Å²) in [5, 5.41) is 15.4. The van der Waals surface area contributed by atoms with Gasteiger partial charge in [-0.25, -0.2) is 18.9 Å². The fraction of sp³-hybridized carbons (Fsp3) is 0.143. The fourth-order valence-corrected chi connectivity index (χ4v) is 4.86. The Balaban J connectivity index is 1.21. The molecule has 2 heterocycles. The van der Waals surface area contributed by atoms with Crippen LogP contribution in [0.15, 0.2) is 103 Å². The highest BCUT2D eigenvalue weighted by Crippen LogP contribution is 2.34. The highest BCUT2D eigenvalue weighted by molar-refractivity contribution is 6.07. The van der Waals surface area contributed by atoms with E-state index in [1.165, 1.54) is 12.1 Å². The molecule has 0 radical (unpaired) electrons. The van der Waals surface area contributed by atoms with Crippen molar-refractivity contribution >= 4 is 39.9 Å². The number of ether oxygens (including phenoxy) is 1. The number of fused-ring (bicyclic) bond motifs is 1. The van der Waals surface area contributed by atoms with E-state index in [1.54, 1.807) is 41.2 Å². The zero-order valence-electron chi connectivity index (χ0n) is 24.9. The van der Waals surface area contributed by atoms with Gasteiger partial charge >= 0.3 is 6.03 Å². The van der Waals surface area contributed by atoms with Gasteiger partial charge in [-0.1, -0.05) is 55.3 Å². The largest absolute Gasteiger partial charge is 0.438 e. The summed E-state index contributed by atoms with van der Waals surface area (Å²) >= 11 is 0. The molecule has 0 saturated heterocycles. The van der Waals surface area contributed by atoms with E-state index in [9.17, 15) is 9.18 Å². The summed E-state index contributed by atoms with van der Waals surface area (Å²) < 4.78 is 21.2. The summed E-state index contributed by atoms with van der Waals surface area (Å²) in [7, 11) is 0. The maximum absolute atomic E-state index is 13.3. The van der Waals surface area contributed by atoms with E-state index in [2.05, 4.69) is 32.8 Å². The smallest absolute Gasteiger partial charge is 0.324 e. The minimum Gasteiger partial charge on any atom is -0.438 e. The molecule has 0 fully saturated rings. The third kappa shape index (κ3) is 7.07. The van der Waals surface area contributed by atoms with Gasteiger partial charge < -0.3 is 15.4 Å². The quantitative estimate of drug-likeness (QED) is 0.145. The van der Waals surface area contributed by atoms with E-state index in [0.717, 1.165) is 47.0 Å². The second-order valence-electron chi connectivity index (χ2n) is 10.6. The first-order valence-corrected chi connectivity index (χ1v) is 14.7. The summed E-state index contributed by atoms with van der Waals surface area (Å²) in [6, 6.07) is 28.3. The van der Waals surface area contributed by atoms with Gasteiger partial charge in [0.05, 0.1) is 17.1 Å². The van der Waals surface area contributed by atoms with Crippen LogP contribution in [0.1, 0.15) is 31.0 Å². The number of benzene rings is 4. The van der Waals surface area contributed by atoms with Crippen molar-refractivity contribution in [2.45, 2.75) is 33.1 Å². The number of nitrogens with one attached hydrogen (secondary N) is 3. The van der Waals surface area contributed by atoms with Gasteiger partial charge in [-0.05, 0) is 68.3 Å². The van der Waals surface area contributed by atoms with Gasteiger partial charge in [0.25, 0.3) is 0 Å². The highest BCUT2D eigenvalue weighted by Gasteiger charge is 2.15. The van der Waals surface area contributed by atoms with Crippen LogP contribution in [0.4, 0.5) is 32.3 Å². The van der Waals surface area contributed by atoms with Crippen molar-refractivity contribution < 1.29 is 13.9 Å². The Hall–Kier alpha value is -5.77. The number of hydrogen-bond acceptors (Lipinski definition) is 6. The summed E-state index contributed by atoms with van der Waals surface area (Å²) in [6.07, 6.45) is 4.47. The first kappa shape index (κ1) is 29.3. The van der Waals surface area contributed by atoms with E-state index >= 15 is 0 Å². The van der Waals surface area contributed by atoms with Crippen molar-refractivity contribution in [3.05, 3.63) is 120 Å². The lowest BCUT2D eigenvalue weighted by Gasteiger charge is -2.14. The van der Waals surface area contributed by atoms with Gasteiger partial charge in [0.15, 0.2) is 0 Å². The lowest BCUT2D eigenvalue weighted by molar-refractivity contribution is 0.262. The minimum atomic E-state index is -0.392. The molecule has 0 saturated carbocycles. The molecule has 9 nitrogen and oxygen atoms in total. The molecule has 2 aromatic heterocycles. The van der Waals surface area contributed by atoms with Gasteiger partial charge in [0, 0.05) is 34.8 Å². The molecule has 6 rings (SSSR count). The third-order valence-corrected chi connectivity index (χ3v) is 7.14. The average molecular weight is 602 g/mol. The summed E-state index contributed by atoms with van der Waals surface area (Å²) in [4.78, 5) is 22.0. The molecule has 10 heteroatoms. The maximum Gasteiger partial charge on any atom is 0.324 e. The number of aryl methyl sites for hydroxylation is 2. The van der Waals surface area contributed by atoms with Crippen molar-refractivity contribution in [3.63, 3.8) is 0 Å². The molecule has 0 atom stereocenters. The molecular formula is C35H32FN7O2.